The van der Waals surface area contributed by atoms with E-state index in [1.807, 2.05) is 31.2 Å². The van der Waals surface area contributed by atoms with Crippen LogP contribution in [0.1, 0.15) is 21.5 Å². The van der Waals surface area contributed by atoms with Crippen LogP contribution < -0.4 is 4.74 Å². The number of hydrogen-bond acceptors (Lipinski definition) is 4. The van der Waals surface area contributed by atoms with Gasteiger partial charge in [0.05, 0.1) is 18.8 Å². The molecule has 0 aromatic heterocycles. The predicted molar refractivity (Wildman–Crippen MR) is 107 cm³/mol. The number of allylic oxidation sites excluding steroid dienone is 1. The number of ketones is 1. The molecule has 140 valence electrons. The first-order valence-corrected chi connectivity index (χ1v) is 9.45. The molecule has 1 amide bonds. The van der Waals surface area contributed by atoms with E-state index in [2.05, 4.69) is 15.9 Å². The highest BCUT2D eigenvalue weighted by Crippen LogP contribution is 2.25. The van der Waals surface area contributed by atoms with Gasteiger partial charge in [-0.2, -0.15) is 0 Å². The summed E-state index contributed by atoms with van der Waals surface area (Å²) in [5, 5.41) is 0. The van der Waals surface area contributed by atoms with Crippen molar-refractivity contribution in [3.63, 3.8) is 0 Å². The lowest BCUT2D eigenvalue weighted by Gasteiger charge is -2.26. The van der Waals surface area contributed by atoms with Crippen molar-refractivity contribution in [3.8, 4) is 5.75 Å². The topological polar surface area (TPSA) is 55.8 Å². The van der Waals surface area contributed by atoms with Crippen LogP contribution in [0.15, 0.2) is 53.0 Å². The van der Waals surface area contributed by atoms with Crippen LogP contribution in [0.2, 0.25) is 0 Å². The summed E-state index contributed by atoms with van der Waals surface area (Å²) in [6, 6.07) is 12.9. The fraction of sp³-hybridized carbons (Fsp3) is 0.238. The van der Waals surface area contributed by atoms with Gasteiger partial charge in [0.2, 0.25) is 0 Å². The van der Waals surface area contributed by atoms with Gasteiger partial charge in [-0.1, -0.05) is 51.8 Å². The average molecular weight is 430 g/mol. The Morgan fingerprint density at radius 1 is 1.11 bits per heavy atom. The molecule has 1 saturated heterocycles. The highest BCUT2D eigenvalue weighted by molar-refractivity contribution is 9.10. The number of amides is 1. The average Bonchev–Trinajstić information content (AvgIpc) is 2.69. The van der Waals surface area contributed by atoms with Gasteiger partial charge in [-0.15, -0.1) is 0 Å². The summed E-state index contributed by atoms with van der Waals surface area (Å²) in [5.74, 6) is 0.00917. The van der Waals surface area contributed by atoms with Gasteiger partial charge >= 0.3 is 6.09 Å². The molecule has 1 aliphatic rings. The molecule has 0 unspecified atom stereocenters. The molecule has 0 radical (unpaired) electrons. The number of halogens is 1. The highest BCUT2D eigenvalue weighted by Gasteiger charge is 2.21. The van der Waals surface area contributed by atoms with Crippen LogP contribution in [0.25, 0.3) is 6.08 Å². The first kappa shape index (κ1) is 19.3. The number of nitrogens with zero attached hydrogens (tertiary/aromatic N) is 1. The van der Waals surface area contributed by atoms with Crippen molar-refractivity contribution in [1.82, 2.24) is 4.90 Å². The molecule has 1 aliphatic heterocycles. The maximum Gasteiger partial charge on any atom is 0.415 e. The van der Waals surface area contributed by atoms with Crippen molar-refractivity contribution < 1.29 is 19.1 Å². The Morgan fingerprint density at radius 2 is 1.81 bits per heavy atom. The van der Waals surface area contributed by atoms with Crippen LogP contribution in [0.5, 0.6) is 5.75 Å². The van der Waals surface area contributed by atoms with Gasteiger partial charge in [0.15, 0.2) is 5.78 Å². The summed E-state index contributed by atoms with van der Waals surface area (Å²) in [7, 11) is 0. The van der Waals surface area contributed by atoms with Crippen LogP contribution in [-0.2, 0) is 4.74 Å². The second-order valence-electron chi connectivity index (χ2n) is 6.22. The Balaban J connectivity index is 1.77. The van der Waals surface area contributed by atoms with E-state index in [0.717, 1.165) is 15.6 Å². The van der Waals surface area contributed by atoms with E-state index in [-0.39, 0.29) is 11.5 Å². The molecule has 2 aromatic rings. The van der Waals surface area contributed by atoms with Crippen molar-refractivity contribution in [2.75, 3.05) is 26.3 Å². The van der Waals surface area contributed by atoms with Crippen LogP contribution in [0, 0.1) is 6.92 Å². The number of rotatable bonds is 4. The lowest BCUT2D eigenvalue weighted by Crippen LogP contribution is -2.42. The Bertz CT molecular complexity index is 855. The fourth-order valence-electron chi connectivity index (χ4n) is 2.63. The minimum atomic E-state index is -0.475. The van der Waals surface area contributed by atoms with E-state index >= 15 is 0 Å². The molecule has 2 aromatic carbocycles. The van der Waals surface area contributed by atoms with Crippen molar-refractivity contribution in [2.45, 2.75) is 6.92 Å². The number of aryl methyl sites for hydroxylation is 1. The lowest BCUT2D eigenvalue weighted by atomic mass is 10.1. The minimum Gasteiger partial charge on any atom is -0.409 e. The zero-order valence-electron chi connectivity index (χ0n) is 15.0. The summed E-state index contributed by atoms with van der Waals surface area (Å²) in [5.41, 5.74) is 2.41. The van der Waals surface area contributed by atoms with Crippen LogP contribution in [-0.4, -0.2) is 43.1 Å². The molecule has 0 bridgehead atoms. The summed E-state index contributed by atoms with van der Waals surface area (Å²) < 4.78 is 11.5. The third kappa shape index (κ3) is 5.28. The summed E-state index contributed by atoms with van der Waals surface area (Å²) in [4.78, 5) is 26.6. The highest BCUT2D eigenvalue weighted by atomic mass is 79.9. The Labute approximate surface area is 166 Å². The SMILES string of the molecule is Cc1ccc(/C=C/C(=O)c2cc(Br)ccc2OC(=O)N2CCOCC2)cc1. The molecule has 0 N–H and O–H groups in total. The molecular weight excluding hydrogens is 410 g/mol. The Hall–Kier alpha value is -2.44. The third-order valence-corrected chi connectivity index (χ3v) is 4.67. The largest absolute Gasteiger partial charge is 0.415 e. The number of benzene rings is 2. The smallest absolute Gasteiger partial charge is 0.409 e. The maximum atomic E-state index is 12.7. The van der Waals surface area contributed by atoms with Crippen LogP contribution in [0.3, 0.4) is 0 Å². The molecule has 0 atom stereocenters. The van der Waals surface area contributed by atoms with E-state index in [4.69, 9.17) is 9.47 Å². The van der Waals surface area contributed by atoms with Gasteiger partial charge in [-0.3, -0.25) is 4.79 Å². The van der Waals surface area contributed by atoms with Gasteiger partial charge < -0.3 is 14.4 Å². The second kappa shape index (κ2) is 8.97. The van der Waals surface area contributed by atoms with Crippen molar-refractivity contribution >= 4 is 33.9 Å². The van der Waals surface area contributed by atoms with Crippen LogP contribution in [0.4, 0.5) is 4.79 Å². The molecule has 0 saturated carbocycles. The van der Waals surface area contributed by atoms with Crippen molar-refractivity contribution in [1.29, 1.82) is 0 Å². The zero-order chi connectivity index (χ0) is 19.2. The fourth-order valence-corrected chi connectivity index (χ4v) is 2.99. The number of carbonyl (C=O) groups is 2. The normalized spacial score (nSPS) is 14.4. The first-order chi connectivity index (χ1) is 13.0. The van der Waals surface area contributed by atoms with Gasteiger partial charge in [0, 0.05) is 17.6 Å². The van der Waals surface area contributed by atoms with E-state index in [0.29, 0.717) is 31.9 Å². The summed E-state index contributed by atoms with van der Waals surface area (Å²) in [6.07, 6.45) is 2.76. The molecule has 1 heterocycles. The van der Waals surface area contributed by atoms with Gasteiger partial charge in [0.1, 0.15) is 5.75 Å². The summed E-state index contributed by atoms with van der Waals surface area (Å²) >= 11 is 3.37. The first-order valence-electron chi connectivity index (χ1n) is 8.66. The predicted octanol–water partition coefficient (Wildman–Crippen LogP) is 4.48. The van der Waals surface area contributed by atoms with E-state index in [9.17, 15) is 9.59 Å². The van der Waals surface area contributed by atoms with Gasteiger partial charge in [0.25, 0.3) is 0 Å². The van der Waals surface area contributed by atoms with Gasteiger partial charge in [-0.25, -0.2) is 4.79 Å². The number of carbonyl (C=O) groups excluding carboxylic acids is 2. The molecule has 27 heavy (non-hydrogen) atoms. The van der Waals surface area contributed by atoms with E-state index < -0.39 is 6.09 Å². The number of hydrogen-bond donors (Lipinski definition) is 0. The van der Waals surface area contributed by atoms with E-state index in [1.165, 1.54) is 6.08 Å². The molecule has 1 fully saturated rings. The van der Waals surface area contributed by atoms with E-state index in [1.54, 1.807) is 29.2 Å². The second-order valence-corrected chi connectivity index (χ2v) is 7.13. The minimum absolute atomic E-state index is 0.235. The summed E-state index contributed by atoms with van der Waals surface area (Å²) in [6.45, 7) is 3.94. The number of ether oxygens (including phenoxy) is 2. The quantitative estimate of drug-likeness (QED) is 0.530. The standard InChI is InChI=1S/C21H20BrNO4/c1-15-2-4-16(5-3-15)6-8-19(24)18-14-17(22)7-9-20(18)27-21(25)23-10-12-26-13-11-23/h2-9,14H,10-13H2,1H3/b8-6+. The monoisotopic (exact) mass is 429 g/mol. The Kier molecular flexibility index (Phi) is 6.42. The molecule has 0 aliphatic carbocycles. The van der Waals surface area contributed by atoms with Crippen LogP contribution >= 0.6 is 15.9 Å². The molecule has 5 nitrogen and oxygen atoms in total. The van der Waals surface area contributed by atoms with Gasteiger partial charge in [-0.05, 0) is 36.8 Å². The number of morpholine rings is 1. The Morgan fingerprint density at radius 3 is 2.52 bits per heavy atom. The lowest BCUT2D eigenvalue weighted by molar-refractivity contribution is 0.0415. The van der Waals surface area contributed by atoms with Crippen molar-refractivity contribution in [2.24, 2.45) is 0 Å². The molecular formula is C21H20BrNO4. The zero-order valence-corrected chi connectivity index (χ0v) is 16.6. The maximum absolute atomic E-state index is 12.7. The molecule has 0 spiro atoms. The van der Waals surface area contributed by atoms with Crippen molar-refractivity contribution in [3.05, 3.63) is 69.7 Å². The third-order valence-electron chi connectivity index (χ3n) is 4.18. The molecule has 6 heteroatoms. The molecule has 3 rings (SSSR count).